The van der Waals surface area contributed by atoms with Crippen molar-refractivity contribution in [2.45, 2.75) is 58.4 Å². The van der Waals surface area contributed by atoms with Gasteiger partial charge in [-0.2, -0.15) is 4.98 Å². The molecule has 1 fully saturated rings. The molecule has 0 saturated carbocycles. The summed E-state index contributed by atoms with van der Waals surface area (Å²) < 4.78 is 10.8. The third kappa shape index (κ3) is 4.31. The minimum absolute atomic E-state index is 0.0892. The van der Waals surface area contributed by atoms with Gasteiger partial charge in [-0.25, -0.2) is 0 Å². The van der Waals surface area contributed by atoms with Gasteiger partial charge in [0.2, 0.25) is 17.6 Å². The fraction of sp³-hybridized carbons (Fsp3) is 0.571. The van der Waals surface area contributed by atoms with Crippen molar-refractivity contribution in [2.24, 2.45) is 5.92 Å². The molecular formula is C21H29N3O3. The molecule has 3 rings (SSSR count). The van der Waals surface area contributed by atoms with E-state index < -0.39 is 0 Å². The molecule has 0 bridgehead atoms. The van der Waals surface area contributed by atoms with E-state index in [2.05, 4.69) is 24.0 Å². The smallest absolute Gasteiger partial charge is 0.249 e. The lowest BCUT2D eigenvalue weighted by Crippen LogP contribution is -2.35. The van der Waals surface area contributed by atoms with E-state index in [4.69, 9.17) is 9.26 Å². The van der Waals surface area contributed by atoms with Gasteiger partial charge in [0.15, 0.2) is 0 Å². The molecule has 6 nitrogen and oxygen atoms in total. The predicted octanol–water partition coefficient (Wildman–Crippen LogP) is 4.63. The maximum atomic E-state index is 13.0. The number of nitrogens with zero attached hydrogens (tertiary/aromatic N) is 3. The number of hydrogen-bond acceptors (Lipinski definition) is 5. The summed E-state index contributed by atoms with van der Waals surface area (Å²) >= 11 is 0. The Morgan fingerprint density at radius 1 is 1.41 bits per heavy atom. The zero-order valence-electron chi connectivity index (χ0n) is 16.5. The quantitative estimate of drug-likeness (QED) is 0.677. The molecule has 1 saturated heterocycles. The number of carbonyl (C=O) groups is 1. The predicted molar refractivity (Wildman–Crippen MR) is 103 cm³/mol. The Bertz CT molecular complexity index is 759. The molecule has 1 aromatic heterocycles. The van der Waals surface area contributed by atoms with Crippen LogP contribution < -0.4 is 4.74 Å². The average molecular weight is 371 g/mol. The van der Waals surface area contributed by atoms with E-state index >= 15 is 0 Å². The first kappa shape index (κ1) is 19.4. The highest BCUT2D eigenvalue weighted by Crippen LogP contribution is 2.34. The van der Waals surface area contributed by atoms with Crippen LogP contribution in [-0.2, 0) is 4.79 Å². The highest BCUT2D eigenvalue weighted by atomic mass is 16.5. The van der Waals surface area contributed by atoms with Gasteiger partial charge < -0.3 is 14.2 Å². The second kappa shape index (κ2) is 9.02. The van der Waals surface area contributed by atoms with Crippen molar-refractivity contribution in [2.75, 3.05) is 13.7 Å². The largest absolute Gasteiger partial charge is 0.497 e. The van der Waals surface area contributed by atoms with Crippen molar-refractivity contribution in [1.82, 2.24) is 15.0 Å². The van der Waals surface area contributed by atoms with E-state index in [0.29, 0.717) is 11.7 Å². The number of amides is 1. The minimum atomic E-state index is -0.111. The number of likely N-dealkylation sites (tertiary alicyclic amines) is 1. The number of rotatable bonds is 8. The van der Waals surface area contributed by atoms with Crippen LogP contribution in [0.25, 0.3) is 11.4 Å². The van der Waals surface area contributed by atoms with Gasteiger partial charge in [-0.1, -0.05) is 44.0 Å². The lowest BCUT2D eigenvalue weighted by Gasteiger charge is -2.26. The molecule has 2 aromatic rings. The van der Waals surface area contributed by atoms with Crippen LogP contribution in [0.5, 0.6) is 5.75 Å². The molecule has 0 N–H and O–H groups in total. The summed E-state index contributed by atoms with van der Waals surface area (Å²) in [7, 11) is 1.63. The fourth-order valence-corrected chi connectivity index (χ4v) is 3.72. The Balaban J connectivity index is 1.77. The van der Waals surface area contributed by atoms with E-state index in [1.54, 1.807) is 7.11 Å². The SMILES string of the molecule is CCCCC(CC)C(=O)N1CCCC1c1nc(-c2cccc(OC)c2)no1. The zero-order valence-corrected chi connectivity index (χ0v) is 16.5. The Morgan fingerprint density at radius 3 is 3.00 bits per heavy atom. The molecule has 2 heterocycles. The van der Waals surface area contributed by atoms with Crippen LogP contribution in [-0.4, -0.2) is 34.6 Å². The molecule has 0 spiro atoms. The summed E-state index contributed by atoms with van der Waals surface area (Å²) in [5.41, 5.74) is 0.842. The fourth-order valence-electron chi connectivity index (χ4n) is 3.72. The summed E-state index contributed by atoms with van der Waals surface area (Å²) in [5, 5.41) is 4.14. The van der Waals surface area contributed by atoms with Crippen LogP contribution in [0.1, 0.15) is 64.3 Å². The van der Waals surface area contributed by atoms with Gasteiger partial charge in [-0.3, -0.25) is 4.79 Å². The van der Waals surface area contributed by atoms with Gasteiger partial charge in [-0.15, -0.1) is 0 Å². The second-order valence-electron chi connectivity index (χ2n) is 7.13. The maximum Gasteiger partial charge on any atom is 0.249 e. The first-order valence-corrected chi connectivity index (χ1v) is 9.96. The van der Waals surface area contributed by atoms with Crippen LogP contribution in [0, 0.1) is 5.92 Å². The molecule has 0 aliphatic carbocycles. The number of benzene rings is 1. The van der Waals surface area contributed by atoms with Crippen molar-refractivity contribution >= 4 is 5.91 Å². The van der Waals surface area contributed by atoms with E-state index in [-0.39, 0.29) is 17.9 Å². The van der Waals surface area contributed by atoms with Gasteiger partial charge in [0.1, 0.15) is 11.8 Å². The van der Waals surface area contributed by atoms with Crippen LogP contribution in [0.15, 0.2) is 28.8 Å². The van der Waals surface area contributed by atoms with Gasteiger partial charge in [-0.05, 0) is 37.8 Å². The molecule has 2 atom stereocenters. The van der Waals surface area contributed by atoms with Gasteiger partial charge in [0, 0.05) is 18.0 Å². The lowest BCUT2D eigenvalue weighted by atomic mass is 9.97. The van der Waals surface area contributed by atoms with Crippen molar-refractivity contribution < 1.29 is 14.1 Å². The molecule has 1 aliphatic heterocycles. The van der Waals surface area contributed by atoms with Crippen LogP contribution in [0.3, 0.4) is 0 Å². The first-order valence-electron chi connectivity index (χ1n) is 9.96. The van der Waals surface area contributed by atoms with Crippen molar-refractivity contribution in [1.29, 1.82) is 0 Å². The molecule has 1 amide bonds. The van der Waals surface area contributed by atoms with E-state index in [9.17, 15) is 4.79 Å². The van der Waals surface area contributed by atoms with E-state index in [1.165, 1.54) is 0 Å². The van der Waals surface area contributed by atoms with Crippen molar-refractivity contribution in [3.8, 4) is 17.1 Å². The number of unbranched alkanes of at least 4 members (excludes halogenated alkanes) is 1. The summed E-state index contributed by atoms with van der Waals surface area (Å²) in [6.07, 6.45) is 5.87. The maximum absolute atomic E-state index is 13.0. The highest BCUT2D eigenvalue weighted by molar-refractivity contribution is 5.79. The normalized spacial score (nSPS) is 17.9. The summed E-state index contributed by atoms with van der Waals surface area (Å²) in [6.45, 7) is 5.02. The Hall–Kier alpha value is -2.37. The Labute approximate surface area is 160 Å². The number of carbonyl (C=O) groups excluding carboxylic acids is 1. The van der Waals surface area contributed by atoms with Crippen LogP contribution >= 0.6 is 0 Å². The molecule has 6 heteroatoms. The lowest BCUT2D eigenvalue weighted by molar-refractivity contribution is -0.137. The summed E-state index contributed by atoms with van der Waals surface area (Å²) in [4.78, 5) is 19.6. The number of methoxy groups -OCH3 is 1. The van der Waals surface area contributed by atoms with E-state index in [1.807, 2.05) is 29.2 Å². The minimum Gasteiger partial charge on any atom is -0.497 e. The molecule has 2 unspecified atom stereocenters. The van der Waals surface area contributed by atoms with Gasteiger partial charge in [0.05, 0.1) is 7.11 Å². The molecule has 27 heavy (non-hydrogen) atoms. The average Bonchev–Trinajstić information content (AvgIpc) is 3.37. The van der Waals surface area contributed by atoms with E-state index in [0.717, 1.165) is 56.4 Å². The summed E-state index contributed by atoms with van der Waals surface area (Å²) in [6, 6.07) is 7.47. The van der Waals surface area contributed by atoms with Crippen molar-refractivity contribution in [3.05, 3.63) is 30.2 Å². The first-order chi connectivity index (χ1) is 13.2. The monoisotopic (exact) mass is 371 g/mol. The zero-order chi connectivity index (χ0) is 19.2. The molecule has 1 aromatic carbocycles. The number of aromatic nitrogens is 2. The molecule has 0 radical (unpaired) electrons. The van der Waals surface area contributed by atoms with Crippen molar-refractivity contribution in [3.63, 3.8) is 0 Å². The number of ether oxygens (including phenoxy) is 1. The number of hydrogen-bond donors (Lipinski definition) is 0. The van der Waals surface area contributed by atoms with Gasteiger partial charge >= 0.3 is 0 Å². The Kier molecular flexibility index (Phi) is 6.48. The topological polar surface area (TPSA) is 68.5 Å². The van der Waals surface area contributed by atoms with Crippen LogP contribution in [0.2, 0.25) is 0 Å². The van der Waals surface area contributed by atoms with Gasteiger partial charge in [0.25, 0.3) is 0 Å². The standard InChI is InChI=1S/C21H29N3O3/c1-4-6-9-15(5-2)21(25)24-13-8-12-18(24)20-22-19(23-27-20)16-10-7-11-17(14-16)26-3/h7,10-11,14-15,18H,4-6,8-9,12-13H2,1-3H3. The van der Waals surface area contributed by atoms with Crippen LogP contribution in [0.4, 0.5) is 0 Å². The third-order valence-corrected chi connectivity index (χ3v) is 5.34. The molecule has 146 valence electrons. The Morgan fingerprint density at radius 2 is 2.26 bits per heavy atom. The highest BCUT2D eigenvalue weighted by Gasteiger charge is 2.36. The molecular weight excluding hydrogens is 342 g/mol. The summed E-state index contributed by atoms with van der Waals surface area (Å²) in [5.74, 6) is 2.13. The second-order valence-corrected chi connectivity index (χ2v) is 7.13. The molecule has 1 aliphatic rings. The third-order valence-electron chi connectivity index (χ3n) is 5.34.